The lowest BCUT2D eigenvalue weighted by Crippen LogP contribution is -2.51. The number of nitrogens with zero attached hydrogens (tertiary/aromatic N) is 1. The molecule has 4 aromatic carbocycles. The minimum Gasteiger partial charge on any atom is -0.352 e. The van der Waals surface area contributed by atoms with E-state index in [-0.39, 0.29) is 17.3 Å². The number of Topliss-reactive ketones (excluding diaryl/α,β-unsaturated/α-hetero) is 2. The lowest BCUT2D eigenvalue weighted by molar-refractivity contribution is -0.121. The van der Waals surface area contributed by atoms with Crippen LogP contribution in [0.1, 0.15) is 63.6 Å². The number of carbonyl (C=O) groups is 3. The summed E-state index contributed by atoms with van der Waals surface area (Å²) in [4.78, 5) is 45.9. The SMILES string of the molecule is CCCCCc1ccc(C(=O)[C@H]2[C@@H](C(=O)c3ccccc3F)N3c4ccccc4C=C[C@@H]3[C@]23C(=O)Nc2ccccc23)cc1. The minimum atomic E-state index is -1.43. The molecule has 0 aliphatic carbocycles. The van der Waals surface area contributed by atoms with Crippen molar-refractivity contribution in [2.45, 2.75) is 50.1 Å². The molecular weight excluding hydrogens is 551 g/mol. The minimum absolute atomic E-state index is 0.101. The third kappa shape index (κ3) is 4.15. The Balaban J connectivity index is 1.45. The molecule has 0 saturated carbocycles. The molecular formula is C38H33FN2O3. The Morgan fingerprint density at radius 1 is 0.864 bits per heavy atom. The van der Waals surface area contributed by atoms with Gasteiger partial charge < -0.3 is 10.2 Å². The van der Waals surface area contributed by atoms with Gasteiger partial charge in [0.1, 0.15) is 17.3 Å². The normalized spacial score (nSPS) is 22.8. The highest BCUT2D eigenvalue weighted by atomic mass is 19.1. The summed E-state index contributed by atoms with van der Waals surface area (Å²) in [5.41, 5.74) is 2.91. The van der Waals surface area contributed by atoms with E-state index in [1.807, 2.05) is 89.8 Å². The standard InChI is InChI=1S/C38H33FN2O3/c1-2-3-4-11-24-18-20-26(21-19-24)35(42)33-34(36(43)27-13-6-8-15-29(27)39)41-31-17-10-5-12-25(31)22-23-32(41)38(33)28-14-7-9-16-30(28)40-37(38)44/h5-10,12-23,32-34H,2-4,11H2,1H3,(H,40,44)/t32-,33-,34+,38+/m1/s1. The second-order valence-corrected chi connectivity index (χ2v) is 11.9. The lowest BCUT2D eigenvalue weighted by Gasteiger charge is -2.37. The van der Waals surface area contributed by atoms with Crippen LogP contribution in [0, 0.1) is 11.7 Å². The van der Waals surface area contributed by atoms with Crippen LogP contribution in [0.25, 0.3) is 6.08 Å². The second kappa shape index (κ2) is 11.0. The van der Waals surface area contributed by atoms with Gasteiger partial charge in [-0.25, -0.2) is 4.39 Å². The van der Waals surface area contributed by atoms with E-state index < -0.39 is 35.0 Å². The Morgan fingerprint density at radius 2 is 1.59 bits per heavy atom. The van der Waals surface area contributed by atoms with Gasteiger partial charge in [-0.05, 0) is 53.8 Å². The maximum Gasteiger partial charge on any atom is 0.238 e. The van der Waals surface area contributed by atoms with Crippen LogP contribution in [-0.4, -0.2) is 29.6 Å². The molecule has 0 radical (unpaired) electrons. The van der Waals surface area contributed by atoms with Crippen molar-refractivity contribution < 1.29 is 18.8 Å². The summed E-state index contributed by atoms with van der Waals surface area (Å²) in [6.07, 6.45) is 8.11. The van der Waals surface area contributed by atoms with Crippen molar-refractivity contribution in [2.24, 2.45) is 5.92 Å². The smallest absolute Gasteiger partial charge is 0.238 e. The fourth-order valence-electron chi connectivity index (χ4n) is 7.53. The molecule has 4 aromatic rings. The second-order valence-electron chi connectivity index (χ2n) is 11.9. The van der Waals surface area contributed by atoms with E-state index in [2.05, 4.69) is 12.2 Å². The molecule has 0 bridgehead atoms. The molecule has 5 nitrogen and oxygen atoms in total. The van der Waals surface area contributed by atoms with Gasteiger partial charge in [0.2, 0.25) is 5.91 Å². The van der Waals surface area contributed by atoms with E-state index in [1.54, 1.807) is 6.07 Å². The molecule has 0 aromatic heterocycles. The average molecular weight is 585 g/mol. The number of hydrogen-bond donors (Lipinski definition) is 1. The first-order valence-corrected chi connectivity index (χ1v) is 15.3. The maximum atomic E-state index is 15.3. The third-order valence-corrected chi connectivity index (χ3v) is 9.54. The van der Waals surface area contributed by atoms with E-state index in [0.717, 1.165) is 42.5 Å². The van der Waals surface area contributed by atoms with Crippen LogP contribution in [0.15, 0.2) is 103 Å². The first-order chi connectivity index (χ1) is 21.5. The summed E-state index contributed by atoms with van der Waals surface area (Å²) in [6, 6.07) is 26.6. The van der Waals surface area contributed by atoms with E-state index in [1.165, 1.54) is 18.2 Å². The highest BCUT2D eigenvalue weighted by Gasteiger charge is 2.70. The Hall–Kier alpha value is -4.84. The Bertz CT molecular complexity index is 1810. The van der Waals surface area contributed by atoms with Gasteiger partial charge in [-0.15, -0.1) is 0 Å². The molecule has 3 aliphatic rings. The molecule has 3 heterocycles. The molecule has 220 valence electrons. The fraction of sp³-hybridized carbons (Fsp3) is 0.237. The van der Waals surface area contributed by atoms with Crippen molar-refractivity contribution in [3.63, 3.8) is 0 Å². The zero-order valence-corrected chi connectivity index (χ0v) is 24.5. The van der Waals surface area contributed by atoms with E-state index in [0.29, 0.717) is 16.8 Å². The monoisotopic (exact) mass is 584 g/mol. The molecule has 1 fully saturated rings. The molecule has 1 N–H and O–H groups in total. The Labute approximate surface area is 256 Å². The number of nitrogens with one attached hydrogen (secondary N) is 1. The molecule has 1 saturated heterocycles. The van der Waals surface area contributed by atoms with Gasteiger partial charge in [0.05, 0.1) is 17.5 Å². The molecule has 4 atom stereocenters. The van der Waals surface area contributed by atoms with Gasteiger partial charge >= 0.3 is 0 Å². The van der Waals surface area contributed by atoms with Crippen LogP contribution in [0.3, 0.4) is 0 Å². The molecule has 0 unspecified atom stereocenters. The van der Waals surface area contributed by atoms with Crippen LogP contribution in [0.2, 0.25) is 0 Å². The molecule has 1 spiro atoms. The summed E-state index contributed by atoms with van der Waals surface area (Å²) in [5, 5.41) is 3.03. The van der Waals surface area contributed by atoms with E-state index in [4.69, 9.17) is 0 Å². The number of rotatable bonds is 8. The fourth-order valence-corrected chi connectivity index (χ4v) is 7.53. The summed E-state index contributed by atoms with van der Waals surface area (Å²) >= 11 is 0. The number of carbonyl (C=O) groups excluding carboxylic acids is 3. The lowest BCUT2D eigenvalue weighted by atomic mass is 9.64. The van der Waals surface area contributed by atoms with Crippen molar-refractivity contribution in [1.29, 1.82) is 0 Å². The van der Waals surface area contributed by atoms with Gasteiger partial charge in [0.15, 0.2) is 11.6 Å². The first kappa shape index (κ1) is 28.0. The number of aryl methyl sites for hydroxylation is 1. The quantitative estimate of drug-likeness (QED) is 0.173. The van der Waals surface area contributed by atoms with Crippen LogP contribution in [-0.2, 0) is 16.6 Å². The number of unbranched alkanes of at least 4 members (excludes halogenated alkanes) is 2. The van der Waals surface area contributed by atoms with Gasteiger partial charge in [-0.2, -0.15) is 0 Å². The largest absolute Gasteiger partial charge is 0.352 e. The van der Waals surface area contributed by atoms with Crippen molar-refractivity contribution in [2.75, 3.05) is 10.2 Å². The maximum absolute atomic E-state index is 15.3. The predicted octanol–water partition coefficient (Wildman–Crippen LogP) is 7.41. The number of para-hydroxylation sites is 2. The number of benzene rings is 4. The summed E-state index contributed by atoms with van der Waals surface area (Å²) in [7, 11) is 0. The van der Waals surface area contributed by atoms with Crippen molar-refractivity contribution in [3.8, 4) is 0 Å². The van der Waals surface area contributed by atoms with Crippen LogP contribution in [0.5, 0.6) is 0 Å². The van der Waals surface area contributed by atoms with Gasteiger partial charge in [0, 0.05) is 16.9 Å². The summed E-state index contributed by atoms with van der Waals surface area (Å²) in [6.45, 7) is 2.16. The molecule has 44 heavy (non-hydrogen) atoms. The number of fused-ring (bicyclic) bond motifs is 6. The third-order valence-electron chi connectivity index (χ3n) is 9.54. The van der Waals surface area contributed by atoms with Crippen molar-refractivity contribution in [3.05, 3.63) is 137 Å². The van der Waals surface area contributed by atoms with Gasteiger partial charge in [-0.1, -0.05) is 105 Å². The molecule has 7 rings (SSSR count). The highest BCUT2D eigenvalue weighted by Crippen LogP contribution is 2.58. The Morgan fingerprint density at radius 3 is 2.39 bits per heavy atom. The van der Waals surface area contributed by atoms with Crippen molar-refractivity contribution >= 4 is 34.9 Å². The zero-order valence-electron chi connectivity index (χ0n) is 24.5. The van der Waals surface area contributed by atoms with Crippen LogP contribution < -0.4 is 10.2 Å². The van der Waals surface area contributed by atoms with E-state index >= 15 is 4.39 Å². The number of amides is 1. The molecule has 1 amide bonds. The van der Waals surface area contributed by atoms with E-state index in [9.17, 15) is 14.4 Å². The van der Waals surface area contributed by atoms with Crippen molar-refractivity contribution in [1.82, 2.24) is 0 Å². The molecule has 3 aliphatic heterocycles. The number of halogens is 1. The van der Waals surface area contributed by atoms with Crippen LogP contribution in [0.4, 0.5) is 15.8 Å². The molecule has 6 heteroatoms. The van der Waals surface area contributed by atoms with Crippen LogP contribution >= 0.6 is 0 Å². The number of ketones is 2. The average Bonchev–Trinajstić information content (AvgIpc) is 3.53. The first-order valence-electron chi connectivity index (χ1n) is 15.3. The Kier molecular flexibility index (Phi) is 7.00. The topological polar surface area (TPSA) is 66.5 Å². The zero-order chi connectivity index (χ0) is 30.4. The number of hydrogen-bond acceptors (Lipinski definition) is 4. The van der Waals surface area contributed by atoms with Gasteiger partial charge in [0.25, 0.3) is 0 Å². The summed E-state index contributed by atoms with van der Waals surface area (Å²) < 4.78 is 15.3. The number of anilines is 2. The summed E-state index contributed by atoms with van der Waals surface area (Å²) in [5.74, 6) is -2.97. The highest BCUT2D eigenvalue weighted by molar-refractivity contribution is 6.18. The van der Waals surface area contributed by atoms with Gasteiger partial charge in [-0.3, -0.25) is 14.4 Å². The predicted molar refractivity (Wildman–Crippen MR) is 171 cm³/mol.